The number of ketones is 1. The summed E-state index contributed by atoms with van der Waals surface area (Å²) in [4.78, 5) is 17.9. The van der Waals surface area contributed by atoms with Gasteiger partial charge in [0.1, 0.15) is 6.04 Å². The van der Waals surface area contributed by atoms with E-state index in [-0.39, 0.29) is 5.78 Å². The number of anilines is 1. The van der Waals surface area contributed by atoms with Crippen LogP contribution in [0.1, 0.15) is 36.4 Å². The first-order chi connectivity index (χ1) is 17.0. The van der Waals surface area contributed by atoms with E-state index in [4.69, 9.17) is 35.9 Å². The summed E-state index contributed by atoms with van der Waals surface area (Å²) in [5.74, 6) is 2.80. The quantitative estimate of drug-likeness (QED) is 0.428. The highest BCUT2D eigenvalue weighted by Gasteiger charge is 2.39. The average molecular weight is 513 g/mol. The summed E-state index contributed by atoms with van der Waals surface area (Å²) in [6.07, 6.45) is 2.05. The molecule has 1 atom stereocenters. The highest BCUT2D eigenvalue weighted by atomic mass is 35.5. The number of ether oxygens (including phenoxy) is 3. The van der Waals surface area contributed by atoms with Gasteiger partial charge >= 0.3 is 0 Å². The molecule has 182 valence electrons. The summed E-state index contributed by atoms with van der Waals surface area (Å²) < 4.78 is 18.6. The normalized spacial score (nSPS) is 16.9. The number of thioether (sulfide) groups is 1. The Hall–Kier alpha value is -3.17. The van der Waals surface area contributed by atoms with Crippen LogP contribution in [0.25, 0.3) is 0 Å². The van der Waals surface area contributed by atoms with Gasteiger partial charge in [0.25, 0.3) is 0 Å². The number of rotatable bonds is 7. The van der Waals surface area contributed by atoms with Crippen LogP contribution in [0, 0.1) is 0 Å². The number of aromatic nitrogens is 3. The fraction of sp³-hybridized carbons (Fsp3) is 0.320. The van der Waals surface area contributed by atoms with E-state index in [2.05, 4.69) is 5.32 Å². The highest BCUT2D eigenvalue weighted by Crippen LogP contribution is 2.48. The van der Waals surface area contributed by atoms with Gasteiger partial charge in [-0.25, -0.2) is 4.68 Å². The zero-order valence-corrected chi connectivity index (χ0v) is 21.2. The number of fused-ring (bicyclic) bond motifs is 1. The van der Waals surface area contributed by atoms with Crippen molar-refractivity contribution in [2.45, 2.75) is 36.2 Å². The average Bonchev–Trinajstić information content (AvgIpc) is 3.28. The van der Waals surface area contributed by atoms with Gasteiger partial charge < -0.3 is 19.5 Å². The van der Waals surface area contributed by atoms with Gasteiger partial charge in [0, 0.05) is 34.0 Å². The summed E-state index contributed by atoms with van der Waals surface area (Å²) in [7, 11) is 4.71. The van der Waals surface area contributed by atoms with Crippen molar-refractivity contribution in [2.24, 2.45) is 0 Å². The largest absolute Gasteiger partial charge is 0.493 e. The maximum absolute atomic E-state index is 13.2. The number of allylic oxidation sites excluding steroid dienone is 2. The second-order valence-corrected chi connectivity index (χ2v) is 9.51. The standard InChI is InChI=1S/C25H25ClN4O4S/c1-32-19-12-11-15(22(33-2)23(19)34-3)21-20-17(9-6-10-18(20)31)27-24-28-25(29-30(21)24)35-13-14-7-4-5-8-16(14)26/h4-5,7-8,11-12,21H,6,9-10,13H2,1-3H3,(H,27,28,29)/t21-/m1/s1. The maximum atomic E-state index is 13.2. The molecule has 1 aromatic heterocycles. The van der Waals surface area contributed by atoms with Crippen LogP contribution < -0.4 is 19.5 Å². The van der Waals surface area contributed by atoms with E-state index in [9.17, 15) is 4.79 Å². The number of carbonyl (C=O) groups is 1. The molecule has 5 rings (SSSR count). The lowest BCUT2D eigenvalue weighted by atomic mass is 9.85. The molecule has 2 heterocycles. The molecule has 0 unspecified atom stereocenters. The second-order valence-electron chi connectivity index (χ2n) is 8.16. The zero-order chi connectivity index (χ0) is 24.5. The lowest BCUT2D eigenvalue weighted by molar-refractivity contribution is -0.116. The number of methoxy groups -OCH3 is 3. The summed E-state index contributed by atoms with van der Waals surface area (Å²) in [6.45, 7) is 0. The van der Waals surface area contributed by atoms with Crippen LogP contribution in [-0.4, -0.2) is 41.9 Å². The molecule has 3 aromatic rings. The summed E-state index contributed by atoms with van der Waals surface area (Å²) >= 11 is 7.82. The van der Waals surface area contributed by atoms with Gasteiger partial charge in [0.05, 0.1) is 21.3 Å². The molecule has 1 aliphatic heterocycles. The van der Waals surface area contributed by atoms with Crippen LogP contribution >= 0.6 is 23.4 Å². The van der Waals surface area contributed by atoms with E-state index < -0.39 is 6.04 Å². The van der Waals surface area contributed by atoms with Gasteiger partial charge in [-0.15, -0.1) is 5.10 Å². The summed E-state index contributed by atoms with van der Waals surface area (Å²) in [5, 5.41) is 9.45. The predicted molar refractivity (Wildman–Crippen MR) is 135 cm³/mol. The van der Waals surface area contributed by atoms with E-state index in [1.807, 2.05) is 36.4 Å². The Balaban J connectivity index is 1.60. The highest BCUT2D eigenvalue weighted by molar-refractivity contribution is 7.98. The van der Waals surface area contributed by atoms with Crippen molar-refractivity contribution >= 4 is 35.1 Å². The maximum Gasteiger partial charge on any atom is 0.227 e. The van der Waals surface area contributed by atoms with Crippen LogP contribution in [0.4, 0.5) is 5.95 Å². The van der Waals surface area contributed by atoms with Crippen LogP contribution in [-0.2, 0) is 10.5 Å². The first-order valence-corrected chi connectivity index (χ1v) is 12.6. The number of hydrogen-bond donors (Lipinski definition) is 1. The number of nitrogens with one attached hydrogen (secondary N) is 1. The molecular formula is C25H25ClN4O4S. The molecule has 2 aliphatic rings. The van der Waals surface area contributed by atoms with Crippen molar-refractivity contribution in [3.05, 3.63) is 63.8 Å². The molecule has 1 aliphatic carbocycles. The SMILES string of the molecule is COc1ccc([C@@H]2C3=C(CCCC3=O)Nc3nc(SCc4ccccc4Cl)nn32)c(OC)c1OC. The first-order valence-electron chi connectivity index (χ1n) is 11.2. The van der Waals surface area contributed by atoms with E-state index in [0.29, 0.717) is 51.1 Å². The van der Waals surface area contributed by atoms with Gasteiger partial charge in [-0.1, -0.05) is 41.6 Å². The van der Waals surface area contributed by atoms with Crippen molar-refractivity contribution < 1.29 is 19.0 Å². The molecule has 2 aromatic carbocycles. The molecule has 0 amide bonds. The van der Waals surface area contributed by atoms with Crippen LogP contribution in [0.3, 0.4) is 0 Å². The molecule has 0 saturated heterocycles. The van der Waals surface area contributed by atoms with Gasteiger partial charge in [-0.2, -0.15) is 4.98 Å². The number of nitrogens with zero attached hydrogens (tertiary/aromatic N) is 3. The fourth-order valence-corrected chi connectivity index (χ4v) is 5.70. The van der Waals surface area contributed by atoms with E-state index in [1.165, 1.54) is 11.8 Å². The van der Waals surface area contributed by atoms with Gasteiger partial charge in [-0.05, 0) is 36.6 Å². The molecule has 0 bridgehead atoms. The zero-order valence-electron chi connectivity index (χ0n) is 19.6. The first kappa shape index (κ1) is 23.6. The Morgan fingerprint density at radius 3 is 2.63 bits per heavy atom. The third-order valence-corrected chi connectivity index (χ3v) is 7.45. The summed E-state index contributed by atoms with van der Waals surface area (Å²) in [6, 6.07) is 10.9. The minimum Gasteiger partial charge on any atom is -0.493 e. The van der Waals surface area contributed by atoms with Crippen LogP contribution in [0.5, 0.6) is 17.2 Å². The molecule has 0 fully saturated rings. The molecule has 1 N–H and O–H groups in total. The Morgan fingerprint density at radius 1 is 1.09 bits per heavy atom. The van der Waals surface area contributed by atoms with E-state index in [1.54, 1.807) is 26.0 Å². The molecule has 0 spiro atoms. The number of carbonyl (C=O) groups excluding carboxylic acids is 1. The number of benzene rings is 2. The third kappa shape index (κ3) is 4.23. The van der Waals surface area contributed by atoms with Crippen molar-refractivity contribution in [1.29, 1.82) is 0 Å². The number of Topliss-reactive ketones (excluding diaryl/α,β-unsaturated/α-hetero) is 1. The Kier molecular flexibility index (Phi) is 6.62. The van der Waals surface area contributed by atoms with Gasteiger partial charge in [0.15, 0.2) is 17.3 Å². The molecule has 35 heavy (non-hydrogen) atoms. The lowest BCUT2D eigenvalue weighted by Gasteiger charge is -2.33. The number of halogens is 1. The minimum absolute atomic E-state index is 0.0898. The lowest BCUT2D eigenvalue weighted by Crippen LogP contribution is -2.31. The van der Waals surface area contributed by atoms with E-state index in [0.717, 1.165) is 29.7 Å². The van der Waals surface area contributed by atoms with Gasteiger partial charge in [0.2, 0.25) is 16.9 Å². The predicted octanol–water partition coefficient (Wildman–Crippen LogP) is 5.27. The van der Waals surface area contributed by atoms with Crippen molar-refractivity contribution in [3.63, 3.8) is 0 Å². The number of hydrogen-bond acceptors (Lipinski definition) is 8. The molecular weight excluding hydrogens is 488 g/mol. The van der Waals surface area contributed by atoms with Crippen LogP contribution in [0.2, 0.25) is 5.02 Å². The molecule has 0 radical (unpaired) electrons. The monoisotopic (exact) mass is 512 g/mol. The van der Waals surface area contributed by atoms with Gasteiger partial charge in [-0.3, -0.25) is 4.79 Å². The van der Waals surface area contributed by atoms with Crippen LogP contribution in [0.15, 0.2) is 52.8 Å². The Labute approximate surface area is 212 Å². The molecule has 10 heteroatoms. The van der Waals surface area contributed by atoms with Crippen molar-refractivity contribution in [1.82, 2.24) is 14.8 Å². The Bertz CT molecular complexity index is 1320. The Morgan fingerprint density at radius 2 is 1.89 bits per heavy atom. The van der Waals surface area contributed by atoms with Crippen molar-refractivity contribution in [2.75, 3.05) is 26.6 Å². The fourth-order valence-electron chi connectivity index (χ4n) is 4.58. The minimum atomic E-state index is -0.508. The summed E-state index contributed by atoms with van der Waals surface area (Å²) in [5.41, 5.74) is 3.32. The van der Waals surface area contributed by atoms with E-state index >= 15 is 0 Å². The molecule has 0 saturated carbocycles. The third-order valence-electron chi connectivity index (χ3n) is 6.19. The second kappa shape index (κ2) is 9.83. The smallest absolute Gasteiger partial charge is 0.227 e. The molecule has 8 nitrogen and oxygen atoms in total. The van der Waals surface area contributed by atoms with Crippen molar-refractivity contribution in [3.8, 4) is 17.2 Å². The topological polar surface area (TPSA) is 87.5 Å².